The highest BCUT2D eigenvalue weighted by Gasteiger charge is 2.16. The lowest BCUT2D eigenvalue weighted by Crippen LogP contribution is -2.32. The molecule has 4 heteroatoms. The fourth-order valence-corrected chi connectivity index (χ4v) is 2.91. The monoisotopic (exact) mass is 310 g/mol. The molecule has 0 atom stereocenters. The second kappa shape index (κ2) is 7.29. The summed E-state index contributed by atoms with van der Waals surface area (Å²) in [5, 5.41) is 0. The first-order valence-electron chi connectivity index (χ1n) is 8.00. The summed E-state index contributed by atoms with van der Waals surface area (Å²) in [4.78, 5) is 14.2. The normalized spacial score (nSPS) is 14.3. The van der Waals surface area contributed by atoms with Crippen molar-refractivity contribution in [3.05, 3.63) is 65.2 Å². The zero-order valence-electron chi connectivity index (χ0n) is 13.2. The van der Waals surface area contributed by atoms with Gasteiger partial charge in [0.25, 0.3) is 0 Å². The maximum atomic E-state index is 11.9. The maximum Gasteiger partial charge on any atom is 0.307 e. The maximum absolute atomic E-state index is 11.9. The van der Waals surface area contributed by atoms with Crippen LogP contribution in [0.25, 0.3) is 0 Å². The summed E-state index contributed by atoms with van der Waals surface area (Å²) in [6.45, 7) is 2.94. The van der Waals surface area contributed by atoms with Crippen LogP contribution in [0, 0.1) is 0 Å². The molecule has 2 aromatic carbocycles. The Bertz CT molecular complexity index is 685. The van der Waals surface area contributed by atoms with Crippen molar-refractivity contribution in [2.24, 2.45) is 0 Å². The Labute approximate surface area is 136 Å². The molecule has 0 aromatic heterocycles. The Balaban J connectivity index is 1.43. The van der Waals surface area contributed by atoms with Gasteiger partial charge in [0.15, 0.2) is 0 Å². The van der Waals surface area contributed by atoms with Gasteiger partial charge in [-0.2, -0.15) is 0 Å². The van der Waals surface area contributed by atoms with Crippen molar-refractivity contribution in [3.8, 4) is 0 Å². The van der Waals surface area contributed by atoms with Gasteiger partial charge in [-0.15, -0.1) is 0 Å². The van der Waals surface area contributed by atoms with Gasteiger partial charge in [-0.1, -0.05) is 36.4 Å². The summed E-state index contributed by atoms with van der Waals surface area (Å²) in [7, 11) is 0. The smallest absolute Gasteiger partial charge is 0.307 e. The molecule has 0 fully saturated rings. The van der Waals surface area contributed by atoms with E-state index in [0.29, 0.717) is 12.1 Å². The Morgan fingerprint density at radius 2 is 1.96 bits per heavy atom. The van der Waals surface area contributed by atoms with Gasteiger partial charge < -0.3 is 10.5 Å². The van der Waals surface area contributed by atoms with Crippen LogP contribution in [0.5, 0.6) is 0 Å². The molecule has 0 amide bonds. The predicted molar refractivity (Wildman–Crippen MR) is 90.7 cm³/mol. The standard InChI is InChI=1S/C19H22N2O2/c20-18-7-3-4-15(12-18)14-23-19(22)9-11-21-10-8-16-5-1-2-6-17(16)13-21/h1-7,12H,8-11,13-14,20H2. The lowest BCUT2D eigenvalue weighted by atomic mass is 10.00. The lowest BCUT2D eigenvalue weighted by molar-refractivity contribution is -0.145. The van der Waals surface area contributed by atoms with E-state index >= 15 is 0 Å². The minimum absolute atomic E-state index is 0.161. The summed E-state index contributed by atoms with van der Waals surface area (Å²) in [6, 6.07) is 15.9. The molecule has 0 radical (unpaired) electrons. The Kier molecular flexibility index (Phi) is 4.93. The van der Waals surface area contributed by atoms with Gasteiger partial charge in [0, 0.05) is 25.3 Å². The molecule has 23 heavy (non-hydrogen) atoms. The van der Waals surface area contributed by atoms with E-state index in [-0.39, 0.29) is 12.6 Å². The van der Waals surface area contributed by atoms with Crippen molar-refractivity contribution in [2.75, 3.05) is 18.8 Å². The average molecular weight is 310 g/mol. The number of benzene rings is 2. The first-order chi connectivity index (χ1) is 11.2. The summed E-state index contributed by atoms with van der Waals surface area (Å²) < 4.78 is 5.32. The van der Waals surface area contributed by atoms with Crippen LogP contribution in [-0.2, 0) is 29.1 Å². The van der Waals surface area contributed by atoms with Crippen LogP contribution in [0.15, 0.2) is 48.5 Å². The minimum atomic E-state index is -0.161. The van der Waals surface area contributed by atoms with Gasteiger partial charge in [0.1, 0.15) is 6.61 Å². The summed E-state index contributed by atoms with van der Waals surface area (Å²) >= 11 is 0. The number of carbonyl (C=O) groups is 1. The fourth-order valence-electron chi connectivity index (χ4n) is 2.91. The van der Waals surface area contributed by atoms with Crippen LogP contribution >= 0.6 is 0 Å². The highest BCUT2D eigenvalue weighted by molar-refractivity contribution is 5.69. The Morgan fingerprint density at radius 1 is 1.13 bits per heavy atom. The van der Waals surface area contributed by atoms with Gasteiger partial charge >= 0.3 is 5.97 Å². The molecule has 3 rings (SSSR count). The molecule has 2 aromatic rings. The molecular formula is C19H22N2O2. The van der Waals surface area contributed by atoms with Crippen molar-refractivity contribution in [3.63, 3.8) is 0 Å². The van der Waals surface area contributed by atoms with Crippen LogP contribution in [0.2, 0.25) is 0 Å². The number of nitrogen functional groups attached to an aromatic ring is 1. The average Bonchev–Trinajstić information content (AvgIpc) is 2.58. The van der Waals surface area contributed by atoms with E-state index in [1.807, 2.05) is 24.3 Å². The van der Waals surface area contributed by atoms with Crippen molar-refractivity contribution >= 4 is 11.7 Å². The number of hydrogen-bond acceptors (Lipinski definition) is 4. The van der Waals surface area contributed by atoms with Gasteiger partial charge in [0.05, 0.1) is 6.42 Å². The fraction of sp³-hybridized carbons (Fsp3) is 0.316. The van der Waals surface area contributed by atoms with E-state index in [2.05, 4.69) is 29.2 Å². The second-order valence-corrected chi connectivity index (χ2v) is 5.95. The van der Waals surface area contributed by atoms with E-state index in [1.54, 1.807) is 0 Å². The van der Waals surface area contributed by atoms with Crippen LogP contribution in [0.1, 0.15) is 23.1 Å². The molecule has 0 unspecified atom stereocenters. The molecule has 1 heterocycles. The summed E-state index contributed by atoms with van der Waals surface area (Å²) in [5.74, 6) is -0.161. The van der Waals surface area contributed by atoms with Gasteiger partial charge in [-0.05, 0) is 35.2 Å². The van der Waals surface area contributed by atoms with E-state index in [1.165, 1.54) is 11.1 Å². The Hall–Kier alpha value is -2.33. The molecule has 2 N–H and O–H groups in total. The molecule has 0 aliphatic carbocycles. The zero-order valence-corrected chi connectivity index (χ0v) is 13.2. The van der Waals surface area contributed by atoms with Crippen molar-refractivity contribution in [1.82, 2.24) is 4.90 Å². The largest absolute Gasteiger partial charge is 0.461 e. The van der Waals surface area contributed by atoms with Crippen LogP contribution in [0.3, 0.4) is 0 Å². The van der Waals surface area contributed by atoms with Crippen LogP contribution < -0.4 is 5.73 Å². The molecule has 0 bridgehead atoms. The minimum Gasteiger partial charge on any atom is -0.461 e. The van der Waals surface area contributed by atoms with Gasteiger partial charge in [-0.3, -0.25) is 9.69 Å². The predicted octanol–water partition coefficient (Wildman–Crippen LogP) is 2.76. The quantitative estimate of drug-likeness (QED) is 0.681. The van der Waals surface area contributed by atoms with E-state index in [4.69, 9.17) is 10.5 Å². The van der Waals surface area contributed by atoms with E-state index in [9.17, 15) is 4.79 Å². The van der Waals surface area contributed by atoms with E-state index in [0.717, 1.165) is 31.6 Å². The van der Waals surface area contributed by atoms with Crippen LogP contribution in [-0.4, -0.2) is 24.0 Å². The molecule has 1 aliphatic rings. The molecule has 0 spiro atoms. The Morgan fingerprint density at radius 3 is 2.78 bits per heavy atom. The summed E-state index contributed by atoms with van der Waals surface area (Å²) in [5.41, 5.74) is 10.1. The second-order valence-electron chi connectivity index (χ2n) is 5.95. The third-order valence-electron chi connectivity index (χ3n) is 4.19. The lowest BCUT2D eigenvalue weighted by Gasteiger charge is -2.28. The van der Waals surface area contributed by atoms with Crippen molar-refractivity contribution < 1.29 is 9.53 Å². The number of nitrogens with zero attached hydrogens (tertiary/aromatic N) is 1. The van der Waals surface area contributed by atoms with Gasteiger partial charge in [0.2, 0.25) is 0 Å². The number of nitrogens with two attached hydrogens (primary N) is 1. The zero-order chi connectivity index (χ0) is 16.1. The number of carbonyl (C=O) groups excluding carboxylic acids is 1. The van der Waals surface area contributed by atoms with Crippen molar-refractivity contribution in [2.45, 2.75) is 26.0 Å². The molecule has 0 saturated carbocycles. The van der Waals surface area contributed by atoms with Crippen LogP contribution in [0.4, 0.5) is 5.69 Å². The highest BCUT2D eigenvalue weighted by atomic mass is 16.5. The first kappa shape index (κ1) is 15.6. The third kappa shape index (κ3) is 4.33. The highest BCUT2D eigenvalue weighted by Crippen LogP contribution is 2.18. The molecule has 0 saturated heterocycles. The third-order valence-corrected chi connectivity index (χ3v) is 4.19. The molecule has 1 aliphatic heterocycles. The van der Waals surface area contributed by atoms with E-state index < -0.39 is 0 Å². The number of fused-ring (bicyclic) bond motifs is 1. The molecule has 120 valence electrons. The number of esters is 1. The van der Waals surface area contributed by atoms with Crippen molar-refractivity contribution in [1.29, 1.82) is 0 Å². The number of rotatable bonds is 5. The topological polar surface area (TPSA) is 55.6 Å². The van der Waals surface area contributed by atoms with Gasteiger partial charge in [-0.25, -0.2) is 0 Å². The molecular weight excluding hydrogens is 288 g/mol. The SMILES string of the molecule is Nc1cccc(COC(=O)CCN2CCc3ccccc3C2)c1. The number of hydrogen-bond donors (Lipinski definition) is 1. The summed E-state index contributed by atoms with van der Waals surface area (Å²) in [6.07, 6.45) is 1.47. The number of anilines is 1. The molecule has 4 nitrogen and oxygen atoms in total. The number of ether oxygens (including phenoxy) is 1. The first-order valence-corrected chi connectivity index (χ1v) is 8.00.